The van der Waals surface area contributed by atoms with E-state index in [1.54, 1.807) is 12.1 Å². The van der Waals surface area contributed by atoms with Gasteiger partial charge in [-0.3, -0.25) is 4.79 Å². The molecule has 0 spiro atoms. The first-order valence-electron chi connectivity index (χ1n) is 11.7. The van der Waals surface area contributed by atoms with E-state index in [0.717, 1.165) is 50.0 Å². The van der Waals surface area contributed by atoms with Gasteiger partial charge < -0.3 is 14.8 Å². The van der Waals surface area contributed by atoms with Gasteiger partial charge in [-0.15, -0.1) is 0 Å². The van der Waals surface area contributed by atoms with Crippen LogP contribution in [0.15, 0.2) is 79.0 Å². The molecule has 2 aromatic heterocycles. The Bertz CT molecular complexity index is 1600. The number of fused-ring (bicyclic) bond motifs is 1. The van der Waals surface area contributed by atoms with Crippen LogP contribution in [0, 0.1) is 5.82 Å². The summed E-state index contributed by atoms with van der Waals surface area (Å²) in [4.78, 5) is 20.0. The van der Waals surface area contributed by atoms with Gasteiger partial charge in [0.05, 0.1) is 16.7 Å². The van der Waals surface area contributed by atoms with Gasteiger partial charge in [-0.1, -0.05) is 36.4 Å². The summed E-state index contributed by atoms with van der Waals surface area (Å²) in [5.74, 6) is 0.411. The Morgan fingerprint density at radius 3 is 2.69 bits per heavy atom. The van der Waals surface area contributed by atoms with E-state index in [1.165, 1.54) is 6.07 Å². The summed E-state index contributed by atoms with van der Waals surface area (Å²) in [5.41, 5.74) is 5.72. The molecule has 0 bridgehead atoms. The van der Waals surface area contributed by atoms with Gasteiger partial charge in [-0.05, 0) is 47.5 Å². The minimum atomic E-state index is -0.246. The Kier molecular flexibility index (Phi) is 5.02. The van der Waals surface area contributed by atoms with Crippen LogP contribution in [0.1, 0.15) is 29.0 Å². The zero-order chi connectivity index (χ0) is 24.1. The number of carbonyl (C=O) groups is 1. The van der Waals surface area contributed by atoms with Gasteiger partial charge in [0.15, 0.2) is 0 Å². The Hall–Kier alpha value is -4.19. The van der Waals surface area contributed by atoms with Gasteiger partial charge in [0, 0.05) is 55.5 Å². The fourth-order valence-corrected chi connectivity index (χ4v) is 5.23. The monoisotopic (exact) mass is 464 g/mol. The number of halogens is 1. The fourth-order valence-electron chi connectivity index (χ4n) is 5.23. The first kappa shape index (κ1) is 21.4. The molecule has 1 N–H and O–H groups in total. The second-order valence-electron chi connectivity index (χ2n) is 9.34. The Labute approximate surface area is 202 Å². The van der Waals surface area contributed by atoms with Crippen molar-refractivity contribution < 1.29 is 9.18 Å². The molecule has 0 saturated carbocycles. The minimum Gasteiger partial charge on any atom is -0.362 e. The molecule has 1 amide bonds. The lowest BCUT2D eigenvalue weighted by Crippen LogP contribution is -2.18. The van der Waals surface area contributed by atoms with Crippen molar-refractivity contribution in [2.45, 2.75) is 18.9 Å². The smallest absolute Gasteiger partial charge is 0.225 e. The van der Waals surface area contributed by atoms with Crippen molar-refractivity contribution in [1.29, 1.82) is 0 Å². The summed E-state index contributed by atoms with van der Waals surface area (Å²) in [5, 5.41) is 5.18. The zero-order valence-corrected chi connectivity index (χ0v) is 19.6. The number of hydrogen-bond acceptors (Lipinski definition) is 3. The van der Waals surface area contributed by atoms with Crippen LogP contribution < -0.4 is 10.2 Å². The van der Waals surface area contributed by atoms with Gasteiger partial charge >= 0.3 is 0 Å². The predicted octanol–water partition coefficient (Wildman–Crippen LogP) is 5.92. The molecular weight excluding hydrogens is 439 g/mol. The highest BCUT2D eigenvalue weighted by Gasteiger charge is 2.30. The molecule has 6 heteroatoms. The number of aromatic nitrogens is 2. The van der Waals surface area contributed by atoms with E-state index >= 15 is 0 Å². The van der Waals surface area contributed by atoms with E-state index in [0.29, 0.717) is 13.0 Å². The number of benzene rings is 3. The van der Waals surface area contributed by atoms with E-state index in [9.17, 15) is 9.18 Å². The van der Waals surface area contributed by atoms with Crippen molar-refractivity contribution >= 4 is 39.2 Å². The molecule has 174 valence electrons. The molecule has 5 nitrogen and oxygen atoms in total. The molecule has 5 aromatic rings. The van der Waals surface area contributed by atoms with Gasteiger partial charge in [0.25, 0.3) is 0 Å². The highest BCUT2D eigenvalue weighted by Crippen LogP contribution is 2.43. The lowest BCUT2D eigenvalue weighted by atomic mass is 9.88. The lowest BCUT2D eigenvalue weighted by Gasteiger charge is -2.23. The molecule has 1 aliphatic heterocycles. The largest absolute Gasteiger partial charge is 0.362 e. The van der Waals surface area contributed by atoms with Crippen LogP contribution in [0.3, 0.4) is 0 Å². The molecule has 1 atom stereocenters. The maximum atomic E-state index is 13.9. The Balaban J connectivity index is 1.58. The van der Waals surface area contributed by atoms with Gasteiger partial charge in [0.2, 0.25) is 5.91 Å². The molecule has 0 aliphatic carbocycles. The topological polar surface area (TPSA) is 50.2 Å². The van der Waals surface area contributed by atoms with E-state index in [2.05, 4.69) is 34.3 Å². The van der Waals surface area contributed by atoms with Gasteiger partial charge in [-0.2, -0.15) is 0 Å². The second kappa shape index (κ2) is 8.24. The fraction of sp³-hybridized carbons (Fsp3) is 0.172. The van der Waals surface area contributed by atoms with Crippen molar-refractivity contribution in [2.24, 2.45) is 0 Å². The first-order valence-corrected chi connectivity index (χ1v) is 11.7. The number of pyridine rings is 1. The summed E-state index contributed by atoms with van der Waals surface area (Å²) in [7, 11) is 3.96. The van der Waals surface area contributed by atoms with Crippen molar-refractivity contribution in [3.63, 3.8) is 0 Å². The zero-order valence-electron chi connectivity index (χ0n) is 19.6. The molecule has 0 fully saturated rings. The van der Waals surface area contributed by atoms with Crippen LogP contribution in [0.2, 0.25) is 0 Å². The summed E-state index contributed by atoms with van der Waals surface area (Å²) in [6, 6.07) is 22.9. The number of nitrogens with one attached hydrogen (secondary N) is 1. The van der Waals surface area contributed by atoms with Crippen molar-refractivity contribution in [2.75, 3.05) is 24.3 Å². The number of para-hydroxylation sites is 1. The van der Waals surface area contributed by atoms with Crippen LogP contribution in [-0.4, -0.2) is 29.6 Å². The number of nitrogens with zero attached hydrogens (tertiary/aromatic N) is 3. The maximum absolute atomic E-state index is 13.9. The van der Waals surface area contributed by atoms with Crippen LogP contribution in [0.5, 0.6) is 0 Å². The summed E-state index contributed by atoms with van der Waals surface area (Å²) in [6.07, 6.45) is 2.44. The Morgan fingerprint density at radius 2 is 1.86 bits per heavy atom. The van der Waals surface area contributed by atoms with E-state index in [-0.39, 0.29) is 17.6 Å². The van der Waals surface area contributed by atoms with Crippen LogP contribution in [0.4, 0.5) is 15.9 Å². The number of rotatable bonds is 4. The third-order valence-electron chi connectivity index (χ3n) is 6.75. The molecule has 3 heterocycles. The average molecular weight is 465 g/mol. The highest BCUT2D eigenvalue weighted by atomic mass is 19.1. The lowest BCUT2D eigenvalue weighted by molar-refractivity contribution is -0.116. The summed E-state index contributed by atoms with van der Waals surface area (Å²) < 4.78 is 16.0. The number of carbonyl (C=O) groups excluding carboxylic acids is 1. The predicted molar refractivity (Wildman–Crippen MR) is 139 cm³/mol. The van der Waals surface area contributed by atoms with E-state index < -0.39 is 0 Å². The maximum Gasteiger partial charge on any atom is 0.225 e. The molecular formula is C29H25FN4O. The quantitative estimate of drug-likeness (QED) is 0.359. The normalized spacial score (nSPS) is 15.3. The molecule has 3 aromatic carbocycles. The van der Waals surface area contributed by atoms with E-state index in [1.807, 2.05) is 55.4 Å². The molecule has 1 aliphatic rings. The molecule has 6 rings (SSSR count). The number of amides is 1. The van der Waals surface area contributed by atoms with Crippen molar-refractivity contribution in [1.82, 2.24) is 9.55 Å². The molecule has 35 heavy (non-hydrogen) atoms. The highest BCUT2D eigenvalue weighted by molar-refractivity contribution is 6.06. The summed E-state index contributed by atoms with van der Waals surface area (Å²) >= 11 is 0. The van der Waals surface area contributed by atoms with Crippen LogP contribution >= 0.6 is 0 Å². The first-order chi connectivity index (χ1) is 17.0. The molecule has 0 unspecified atom stereocenters. The SMILES string of the molecule is CN(C)c1nc2ccccc2cc1[C@H]1CC(=O)Nc2cccc3c2c1cn3Cc1cccc(F)c1. The van der Waals surface area contributed by atoms with Crippen molar-refractivity contribution in [3.8, 4) is 0 Å². The molecule has 0 radical (unpaired) electrons. The summed E-state index contributed by atoms with van der Waals surface area (Å²) in [6.45, 7) is 0.537. The van der Waals surface area contributed by atoms with E-state index in [4.69, 9.17) is 4.98 Å². The average Bonchev–Trinajstić information content (AvgIpc) is 3.13. The van der Waals surface area contributed by atoms with Gasteiger partial charge in [0.1, 0.15) is 11.6 Å². The Morgan fingerprint density at radius 1 is 1.03 bits per heavy atom. The number of anilines is 2. The van der Waals surface area contributed by atoms with Crippen molar-refractivity contribution in [3.05, 3.63) is 102 Å². The van der Waals surface area contributed by atoms with Gasteiger partial charge in [-0.25, -0.2) is 9.37 Å². The van der Waals surface area contributed by atoms with Crippen LogP contribution in [0.25, 0.3) is 21.8 Å². The minimum absolute atomic E-state index is 0.0201. The molecule has 0 saturated heterocycles. The number of hydrogen-bond donors (Lipinski definition) is 1. The standard InChI is InChI=1S/C29H25FN4O/c1-33(2)29-22(14-19-8-3-4-10-24(19)32-29)21-15-27(35)31-25-11-6-12-26-28(25)23(21)17-34(26)16-18-7-5-9-20(30)13-18/h3-14,17,21H,15-16H2,1-2H3,(H,31,35)/t21-/m1/s1. The third kappa shape index (κ3) is 3.71. The van der Waals surface area contributed by atoms with Crippen LogP contribution in [-0.2, 0) is 11.3 Å². The third-order valence-corrected chi connectivity index (χ3v) is 6.75. The second-order valence-corrected chi connectivity index (χ2v) is 9.34.